The first-order valence-electron chi connectivity index (χ1n) is 19.9. The second-order valence-electron chi connectivity index (χ2n) is 16.5. The van der Waals surface area contributed by atoms with E-state index in [-0.39, 0.29) is 56.4 Å². The number of carbonyl (C=O) groups excluding carboxylic acids is 3. The van der Waals surface area contributed by atoms with E-state index in [0.717, 1.165) is 24.3 Å². The van der Waals surface area contributed by atoms with Crippen molar-refractivity contribution in [1.29, 1.82) is 0 Å². The molecule has 3 fully saturated rings. The highest BCUT2D eigenvalue weighted by Crippen LogP contribution is 2.41. The Hall–Kier alpha value is -1.68. The maximum Gasteiger partial charge on any atom is 0.249 e. The van der Waals surface area contributed by atoms with Crippen LogP contribution in [0.5, 0.6) is 0 Å². The number of hydrogen-bond acceptors (Lipinski definition) is 15. The van der Waals surface area contributed by atoms with E-state index in [9.17, 15) is 45.0 Å². The maximum absolute atomic E-state index is 12.6. The molecule has 0 aromatic rings. The highest BCUT2D eigenvalue weighted by molar-refractivity contribution is 7.99. The van der Waals surface area contributed by atoms with Crippen molar-refractivity contribution in [3.8, 4) is 0 Å². The van der Waals surface area contributed by atoms with Gasteiger partial charge < -0.3 is 73.3 Å². The zero-order valence-corrected chi connectivity index (χ0v) is 33.6. The minimum atomic E-state index is -1.37. The van der Waals surface area contributed by atoms with Crippen molar-refractivity contribution in [2.75, 3.05) is 44.4 Å². The Kier molecular flexibility index (Phi) is 20.0. The van der Waals surface area contributed by atoms with Gasteiger partial charge in [-0.3, -0.25) is 14.4 Å². The summed E-state index contributed by atoms with van der Waals surface area (Å²) in [6.07, 6.45) is -1.79. The Morgan fingerprint density at radius 3 is 2.24 bits per heavy atom. The van der Waals surface area contributed by atoms with Crippen LogP contribution in [0.4, 0.5) is 0 Å². The highest BCUT2D eigenvalue weighted by Gasteiger charge is 2.50. The largest absolute Gasteiger partial charge is 0.396 e. The van der Waals surface area contributed by atoms with Crippen LogP contribution in [0.15, 0.2) is 0 Å². The third-order valence-electron chi connectivity index (χ3n) is 11.5. The average Bonchev–Trinajstić information content (AvgIpc) is 3.14. The van der Waals surface area contributed by atoms with Crippen LogP contribution in [0.2, 0.25) is 0 Å². The second-order valence-corrected chi connectivity index (χ2v) is 17.8. The van der Waals surface area contributed by atoms with E-state index in [1.165, 1.54) is 0 Å². The number of nitrogens with two attached hydrogens (primary N) is 3. The van der Waals surface area contributed by atoms with Crippen molar-refractivity contribution in [3.05, 3.63) is 0 Å². The molecule has 18 heteroatoms. The van der Waals surface area contributed by atoms with Crippen LogP contribution in [-0.4, -0.2) is 154 Å². The molecule has 2 saturated carbocycles. The predicted molar refractivity (Wildman–Crippen MR) is 207 cm³/mol. The summed E-state index contributed by atoms with van der Waals surface area (Å²) in [5.74, 6) is -0.540. The van der Waals surface area contributed by atoms with Crippen LogP contribution in [0, 0.1) is 29.1 Å². The standard InChI is InChI=1S/C37H70N6O11S/c1-20-13-29(54-34-25(40)16-23(38)30(33(34)50)21-14-22(18-44)32(49)24(39)15-21)53-26(31(20)48)17-43-27(46)7-5-4-6-11-55-12-10-41-28(47)8-9-42-36(52)35(51)37(2,3)19-45/h20-26,29-35,44-45,48-51H,4-19,38-40H2,1-3H3,(H,41,47)(H,42,52)(H,43,46)/t20-,21?,22-,23-,24-,25+,26-,29-,30+,31+,32-,33-,34-,35+/m1/s1. The quantitative estimate of drug-likeness (QED) is 0.0540. The fraction of sp³-hybridized carbons (Fsp3) is 0.919. The number of aliphatic hydroxyl groups excluding tert-OH is 6. The van der Waals surface area contributed by atoms with Gasteiger partial charge in [-0.1, -0.05) is 27.2 Å². The monoisotopic (exact) mass is 806 g/mol. The minimum Gasteiger partial charge on any atom is -0.396 e. The van der Waals surface area contributed by atoms with Gasteiger partial charge in [0.05, 0.1) is 24.9 Å². The van der Waals surface area contributed by atoms with Gasteiger partial charge in [0.2, 0.25) is 17.7 Å². The lowest BCUT2D eigenvalue weighted by Crippen LogP contribution is -2.63. The second kappa shape index (κ2) is 23.0. The van der Waals surface area contributed by atoms with E-state index in [1.54, 1.807) is 25.6 Å². The molecule has 320 valence electrons. The minimum absolute atomic E-state index is 0.0803. The lowest BCUT2D eigenvalue weighted by molar-refractivity contribution is -0.271. The molecule has 0 aromatic heterocycles. The molecular formula is C37H70N6O11S. The van der Waals surface area contributed by atoms with Crippen molar-refractivity contribution in [2.45, 2.75) is 140 Å². The Morgan fingerprint density at radius 2 is 1.55 bits per heavy atom. The molecule has 1 unspecified atom stereocenters. The molecule has 14 atom stereocenters. The van der Waals surface area contributed by atoms with Gasteiger partial charge in [0, 0.05) is 86.6 Å². The number of ether oxygens (including phenoxy) is 2. The first-order valence-corrected chi connectivity index (χ1v) is 21.1. The van der Waals surface area contributed by atoms with Gasteiger partial charge in [-0.05, 0) is 49.7 Å². The molecule has 1 heterocycles. The number of hydrogen-bond donors (Lipinski definition) is 12. The van der Waals surface area contributed by atoms with Crippen molar-refractivity contribution < 1.29 is 54.5 Å². The normalized spacial score (nSPS) is 34.8. The fourth-order valence-electron chi connectivity index (χ4n) is 7.93. The molecule has 3 rings (SSSR count). The van der Waals surface area contributed by atoms with Crippen LogP contribution < -0.4 is 33.2 Å². The molecule has 17 nitrogen and oxygen atoms in total. The maximum atomic E-state index is 12.6. The van der Waals surface area contributed by atoms with Crippen molar-refractivity contribution in [2.24, 2.45) is 46.3 Å². The number of rotatable bonds is 21. The summed E-state index contributed by atoms with van der Waals surface area (Å²) in [7, 11) is 0. The Labute approximate surface area is 329 Å². The number of thioether (sulfide) groups is 1. The van der Waals surface area contributed by atoms with Crippen molar-refractivity contribution in [1.82, 2.24) is 16.0 Å². The van der Waals surface area contributed by atoms with Crippen LogP contribution in [0.1, 0.15) is 78.6 Å². The van der Waals surface area contributed by atoms with Crippen molar-refractivity contribution >= 4 is 29.5 Å². The van der Waals surface area contributed by atoms with E-state index in [0.29, 0.717) is 45.1 Å². The molecule has 0 bridgehead atoms. The molecule has 0 spiro atoms. The van der Waals surface area contributed by atoms with Crippen LogP contribution in [-0.2, 0) is 23.9 Å². The molecule has 1 aliphatic heterocycles. The summed E-state index contributed by atoms with van der Waals surface area (Å²) in [6.45, 7) is 5.12. The third-order valence-corrected chi connectivity index (χ3v) is 12.6. The van der Waals surface area contributed by atoms with Gasteiger partial charge in [0.15, 0.2) is 6.29 Å². The van der Waals surface area contributed by atoms with Crippen LogP contribution in [0.3, 0.4) is 0 Å². The molecule has 55 heavy (non-hydrogen) atoms. The number of nitrogens with one attached hydrogen (secondary N) is 3. The van der Waals surface area contributed by atoms with Crippen molar-refractivity contribution in [3.63, 3.8) is 0 Å². The van der Waals surface area contributed by atoms with Gasteiger partial charge in [-0.25, -0.2) is 0 Å². The summed E-state index contributed by atoms with van der Waals surface area (Å²) in [5.41, 5.74) is 18.2. The lowest BCUT2D eigenvalue weighted by atomic mass is 9.64. The Morgan fingerprint density at radius 1 is 0.836 bits per heavy atom. The smallest absolute Gasteiger partial charge is 0.249 e. The number of unbranched alkanes of at least 4 members (excludes halogenated alkanes) is 2. The lowest BCUT2D eigenvalue weighted by Gasteiger charge is -2.50. The Balaban J connectivity index is 1.30. The molecule has 15 N–H and O–H groups in total. The summed E-state index contributed by atoms with van der Waals surface area (Å²) >= 11 is 1.69. The number of carbonyl (C=O) groups is 3. The topological polar surface area (TPSA) is 305 Å². The number of amides is 3. The van der Waals surface area contributed by atoms with Gasteiger partial charge in [0.25, 0.3) is 0 Å². The van der Waals surface area contributed by atoms with E-state index in [1.807, 2.05) is 6.92 Å². The van der Waals surface area contributed by atoms with Gasteiger partial charge in [-0.15, -0.1) is 0 Å². The summed E-state index contributed by atoms with van der Waals surface area (Å²) < 4.78 is 12.4. The van der Waals surface area contributed by atoms with E-state index >= 15 is 0 Å². The van der Waals surface area contributed by atoms with Crippen LogP contribution in [0.25, 0.3) is 0 Å². The molecule has 2 aliphatic carbocycles. The molecule has 3 aliphatic rings. The molecular weight excluding hydrogens is 737 g/mol. The molecule has 0 aromatic carbocycles. The van der Waals surface area contributed by atoms with E-state index in [2.05, 4.69) is 16.0 Å². The first-order chi connectivity index (χ1) is 26.0. The highest BCUT2D eigenvalue weighted by atomic mass is 32.2. The van der Waals surface area contributed by atoms with E-state index < -0.39 is 84.2 Å². The van der Waals surface area contributed by atoms with E-state index in [4.69, 9.17) is 26.7 Å². The zero-order chi connectivity index (χ0) is 40.9. The molecule has 1 saturated heterocycles. The van der Waals surface area contributed by atoms with Gasteiger partial charge in [0.1, 0.15) is 18.3 Å². The van der Waals surface area contributed by atoms with Gasteiger partial charge >= 0.3 is 0 Å². The Bertz CT molecular complexity index is 1190. The molecule has 3 amide bonds. The third kappa shape index (κ3) is 14.3. The van der Waals surface area contributed by atoms with Crippen LogP contribution >= 0.6 is 11.8 Å². The molecule has 0 radical (unpaired) electrons. The average molecular weight is 807 g/mol. The summed E-state index contributed by atoms with van der Waals surface area (Å²) in [6, 6.07) is -1.52. The zero-order valence-electron chi connectivity index (χ0n) is 32.8. The fourth-order valence-corrected chi connectivity index (χ4v) is 8.79. The first kappa shape index (κ1) is 47.7. The SMILES string of the molecule is C[C@@H]1C[C@@H](O[C@H]2[C@H](O)[C@@H](C3C[C@H](CO)[C@@H](O)[C@H](N)C3)[C@H](N)C[C@@H]2N)O[C@H](CNC(=O)CCCCCSCCNC(=O)CCNC(=O)[C@H](O)C(C)(C)CO)[C@H]1O. The summed E-state index contributed by atoms with van der Waals surface area (Å²) in [4.78, 5) is 36.6. The summed E-state index contributed by atoms with van der Waals surface area (Å²) in [5, 5.41) is 70.0. The predicted octanol–water partition coefficient (Wildman–Crippen LogP) is -2.36. The van der Waals surface area contributed by atoms with Gasteiger partial charge in [-0.2, -0.15) is 11.8 Å². The number of aliphatic hydroxyl groups is 6.